The highest BCUT2D eigenvalue weighted by molar-refractivity contribution is 7.22. The van der Waals surface area contributed by atoms with Crippen molar-refractivity contribution >= 4 is 49.2 Å². The number of amides is 1. The van der Waals surface area contributed by atoms with E-state index in [0.717, 1.165) is 34.1 Å². The van der Waals surface area contributed by atoms with Crippen LogP contribution in [0.4, 0.5) is 10.8 Å². The van der Waals surface area contributed by atoms with Gasteiger partial charge in [-0.2, -0.15) is 0 Å². The predicted molar refractivity (Wildman–Crippen MR) is 122 cm³/mol. The van der Waals surface area contributed by atoms with Crippen molar-refractivity contribution in [2.75, 3.05) is 36.5 Å². The van der Waals surface area contributed by atoms with Crippen LogP contribution in [0.1, 0.15) is 12.2 Å². The van der Waals surface area contributed by atoms with E-state index >= 15 is 0 Å². The molecule has 1 saturated heterocycles. The number of carbonyl (C=O) groups is 1. The van der Waals surface area contributed by atoms with Crippen LogP contribution in [0.5, 0.6) is 0 Å². The van der Waals surface area contributed by atoms with E-state index in [1.165, 1.54) is 0 Å². The van der Waals surface area contributed by atoms with Crippen LogP contribution >= 0.6 is 11.3 Å². The third-order valence-corrected chi connectivity index (χ3v) is 6.27. The summed E-state index contributed by atoms with van der Waals surface area (Å²) in [6, 6.07) is 12.9. The van der Waals surface area contributed by atoms with E-state index in [-0.39, 0.29) is 17.9 Å². The molecule has 9 heteroatoms. The van der Waals surface area contributed by atoms with E-state index < -0.39 is 0 Å². The summed E-state index contributed by atoms with van der Waals surface area (Å²) in [5.74, 6) is 0.375. The predicted octanol–water partition coefficient (Wildman–Crippen LogP) is 2.94. The first-order valence-electron chi connectivity index (χ1n) is 10.2. The van der Waals surface area contributed by atoms with Crippen molar-refractivity contribution in [1.29, 1.82) is 0 Å². The van der Waals surface area contributed by atoms with E-state index in [9.17, 15) is 9.59 Å². The van der Waals surface area contributed by atoms with Gasteiger partial charge in [0.15, 0.2) is 5.13 Å². The Kier molecular flexibility index (Phi) is 5.35. The maximum Gasteiger partial charge on any atom is 0.258 e. The highest BCUT2D eigenvalue weighted by Gasteiger charge is 2.16. The van der Waals surface area contributed by atoms with Crippen molar-refractivity contribution in [3.8, 4) is 0 Å². The fraction of sp³-hybridized carbons (Fsp3) is 0.273. The number of nitrogens with one attached hydrogen (secondary N) is 2. The molecule has 4 aromatic rings. The topological polar surface area (TPSA) is 100 Å². The number of nitrogens with zero attached hydrogens (tertiary/aromatic N) is 3. The number of hydrogen-bond donors (Lipinski definition) is 2. The average Bonchev–Trinajstić information content (AvgIpc) is 3.22. The zero-order valence-corrected chi connectivity index (χ0v) is 17.6. The van der Waals surface area contributed by atoms with Crippen molar-refractivity contribution in [3.63, 3.8) is 0 Å². The normalized spacial score (nSPS) is 14.3. The summed E-state index contributed by atoms with van der Waals surface area (Å²) >= 11 is 1.62. The van der Waals surface area contributed by atoms with Gasteiger partial charge in [0, 0.05) is 31.6 Å². The highest BCUT2D eigenvalue weighted by Crippen LogP contribution is 2.31. The largest absolute Gasteiger partial charge is 0.378 e. The van der Waals surface area contributed by atoms with Crippen LogP contribution in [-0.4, -0.2) is 47.2 Å². The van der Waals surface area contributed by atoms with Crippen LogP contribution in [-0.2, 0) is 16.0 Å². The summed E-state index contributed by atoms with van der Waals surface area (Å²) in [7, 11) is 0. The molecular weight excluding hydrogens is 414 g/mol. The summed E-state index contributed by atoms with van der Waals surface area (Å²) in [6.07, 6.45) is 0.580. The number of aromatic amines is 1. The molecule has 1 aliphatic rings. The third-order valence-electron chi connectivity index (χ3n) is 5.19. The van der Waals surface area contributed by atoms with Crippen LogP contribution < -0.4 is 15.8 Å². The smallest absolute Gasteiger partial charge is 0.258 e. The number of morpholine rings is 1. The molecule has 1 aliphatic heterocycles. The fourth-order valence-corrected chi connectivity index (χ4v) is 4.65. The molecule has 0 bridgehead atoms. The number of ether oxygens (including phenoxy) is 1. The van der Waals surface area contributed by atoms with Crippen LogP contribution in [0, 0.1) is 0 Å². The van der Waals surface area contributed by atoms with Gasteiger partial charge in [-0.05, 0) is 30.3 Å². The maximum absolute atomic E-state index is 12.5. The van der Waals surface area contributed by atoms with Crippen LogP contribution in [0.15, 0.2) is 47.3 Å². The molecule has 0 aliphatic carbocycles. The van der Waals surface area contributed by atoms with Crippen molar-refractivity contribution in [2.45, 2.75) is 12.8 Å². The molecule has 5 rings (SSSR count). The Bertz CT molecular complexity index is 1310. The molecule has 2 aromatic carbocycles. The first-order valence-corrected chi connectivity index (χ1v) is 11.0. The van der Waals surface area contributed by atoms with Gasteiger partial charge < -0.3 is 19.9 Å². The Morgan fingerprint density at radius 1 is 1.13 bits per heavy atom. The van der Waals surface area contributed by atoms with Crippen LogP contribution in [0.3, 0.4) is 0 Å². The molecule has 0 atom stereocenters. The second-order valence-corrected chi connectivity index (χ2v) is 8.37. The minimum Gasteiger partial charge on any atom is -0.378 e. The summed E-state index contributed by atoms with van der Waals surface area (Å²) in [6.45, 7) is 3.12. The van der Waals surface area contributed by atoms with Gasteiger partial charge in [0.25, 0.3) is 5.56 Å². The minimum atomic E-state index is -0.187. The Morgan fingerprint density at radius 2 is 1.97 bits per heavy atom. The highest BCUT2D eigenvalue weighted by atomic mass is 32.1. The summed E-state index contributed by atoms with van der Waals surface area (Å²) in [5.41, 5.74) is 2.10. The molecule has 31 heavy (non-hydrogen) atoms. The monoisotopic (exact) mass is 435 g/mol. The van der Waals surface area contributed by atoms with Gasteiger partial charge in [-0.1, -0.05) is 23.5 Å². The van der Waals surface area contributed by atoms with Gasteiger partial charge in [0.2, 0.25) is 5.91 Å². The van der Waals surface area contributed by atoms with Crippen molar-refractivity contribution in [3.05, 3.63) is 58.6 Å². The lowest BCUT2D eigenvalue weighted by atomic mass is 10.2. The van der Waals surface area contributed by atoms with Gasteiger partial charge in [-0.25, -0.2) is 9.97 Å². The van der Waals surface area contributed by atoms with Gasteiger partial charge in [-0.15, -0.1) is 0 Å². The molecule has 8 nitrogen and oxygen atoms in total. The number of carbonyl (C=O) groups excluding carboxylic acids is 1. The lowest BCUT2D eigenvalue weighted by Gasteiger charge is -2.25. The molecule has 0 unspecified atom stereocenters. The Morgan fingerprint density at radius 3 is 2.84 bits per heavy atom. The number of para-hydroxylation sites is 1. The molecule has 0 radical (unpaired) electrons. The van der Waals surface area contributed by atoms with Gasteiger partial charge in [0.1, 0.15) is 5.82 Å². The quantitative estimate of drug-likeness (QED) is 0.500. The number of hydrogen-bond acceptors (Lipinski definition) is 7. The SMILES string of the molecule is O=C(CCc1nc2ccccc2c(=O)[nH]1)Nc1ccc2nc(N3CCOCC3)sc2c1. The van der Waals surface area contributed by atoms with E-state index in [1.54, 1.807) is 29.5 Å². The lowest BCUT2D eigenvalue weighted by Crippen LogP contribution is -2.36. The third kappa shape index (κ3) is 4.28. The second-order valence-electron chi connectivity index (χ2n) is 7.36. The van der Waals surface area contributed by atoms with Gasteiger partial charge in [0.05, 0.1) is 34.3 Å². The summed E-state index contributed by atoms with van der Waals surface area (Å²) in [5, 5.41) is 4.46. The lowest BCUT2D eigenvalue weighted by molar-refractivity contribution is -0.116. The van der Waals surface area contributed by atoms with Crippen LogP contribution in [0.25, 0.3) is 21.1 Å². The zero-order valence-electron chi connectivity index (χ0n) is 16.8. The summed E-state index contributed by atoms with van der Waals surface area (Å²) < 4.78 is 6.43. The van der Waals surface area contributed by atoms with E-state index in [0.29, 0.717) is 36.4 Å². The number of aryl methyl sites for hydroxylation is 1. The Labute approximate surface area is 181 Å². The molecule has 2 N–H and O–H groups in total. The molecular formula is C22H21N5O3S. The zero-order chi connectivity index (χ0) is 21.2. The number of fused-ring (bicyclic) bond motifs is 2. The average molecular weight is 436 g/mol. The number of benzene rings is 2. The van der Waals surface area contributed by atoms with E-state index in [1.807, 2.05) is 24.3 Å². The van der Waals surface area contributed by atoms with E-state index in [4.69, 9.17) is 9.72 Å². The standard InChI is InChI=1S/C22H21N5O3S/c28-20(8-7-19-24-16-4-2-1-3-15(16)21(29)26-19)23-14-5-6-17-18(13-14)31-22(25-17)27-9-11-30-12-10-27/h1-6,13H,7-12H2,(H,23,28)(H,24,26,29). The molecule has 1 amide bonds. The molecule has 0 spiro atoms. The number of rotatable bonds is 5. The van der Waals surface area contributed by atoms with Gasteiger partial charge in [-0.3, -0.25) is 9.59 Å². The fourth-order valence-electron chi connectivity index (χ4n) is 3.59. The Balaban J connectivity index is 1.25. The second kappa shape index (κ2) is 8.44. The van der Waals surface area contributed by atoms with Crippen molar-refractivity contribution in [2.24, 2.45) is 0 Å². The number of H-pyrrole nitrogens is 1. The number of thiazole rings is 1. The number of anilines is 2. The van der Waals surface area contributed by atoms with Crippen LogP contribution in [0.2, 0.25) is 0 Å². The molecule has 1 fully saturated rings. The minimum absolute atomic E-state index is 0.131. The van der Waals surface area contributed by atoms with E-state index in [2.05, 4.69) is 20.2 Å². The maximum atomic E-state index is 12.5. The van der Waals surface area contributed by atoms with Crippen molar-refractivity contribution in [1.82, 2.24) is 15.0 Å². The van der Waals surface area contributed by atoms with Gasteiger partial charge >= 0.3 is 0 Å². The number of aromatic nitrogens is 3. The molecule has 158 valence electrons. The molecule has 3 heterocycles. The first kappa shape index (κ1) is 19.7. The van der Waals surface area contributed by atoms with Crippen molar-refractivity contribution < 1.29 is 9.53 Å². The first-order chi connectivity index (χ1) is 15.2. The molecule has 0 saturated carbocycles. The molecule has 2 aromatic heterocycles. The Hall–Kier alpha value is -3.30. The summed E-state index contributed by atoms with van der Waals surface area (Å²) in [4.78, 5) is 38.8.